The van der Waals surface area contributed by atoms with Crippen LogP contribution < -0.4 is 5.32 Å². The van der Waals surface area contributed by atoms with Gasteiger partial charge in [-0.1, -0.05) is 20.8 Å². The number of hydrogen-bond donors (Lipinski definition) is 1. The Labute approximate surface area is 113 Å². The molecule has 0 bridgehead atoms. The third-order valence-electron chi connectivity index (χ3n) is 4.36. The van der Waals surface area contributed by atoms with Crippen LogP contribution in [0.3, 0.4) is 0 Å². The Kier molecular flexibility index (Phi) is 5.46. The number of piperidine rings is 1. The first-order chi connectivity index (χ1) is 8.70. The van der Waals surface area contributed by atoms with Crippen LogP contribution in [0.4, 0.5) is 0 Å². The molecule has 2 rings (SSSR count). The third-order valence-corrected chi connectivity index (χ3v) is 4.36. The van der Waals surface area contributed by atoms with Gasteiger partial charge in [-0.15, -0.1) is 0 Å². The van der Waals surface area contributed by atoms with Crippen molar-refractivity contribution in [1.82, 2.24) is 15.1 Å². The Hall–Kier alpha value is -0.120. The van der Waals surface area contributed by atoms with E-state index < -0.39 is 0 Å². The fourth-order valence-corrected chi connectivity index (χ4v) is 3.38. The molecule has 0 radical (unpaired) electrons. The van der Waals surface area contributed by atoms with Crippen LogP contribution in [-0.4, -0.2) is 61.2 Å². The van der Waals surface area contributed by atoms with Crippen molar-refractivity contribution in [3.8, 4) is 0 Å². The largest absolute Gasteiger partial charge is 0.314 e. The molecular formula is C15H31N3. The van der Waals surface area contributed by atoms with Crippen LogP contribution in [0.2, 0.25) is 0 Å². The summed E-state index contributed by atoms with van der Waals surface area (Å²) >= 11 is 0. The van der Waals surface area contributed by atoms with Crippen molar-refractivity contribution in [3.05, 3.63) is 0 Å². The summed E-state index contributed by atoms with van der Waals surface area (Å²) in [4.78, 5) is 5.45. The molecule has 2 aliphatic rings. The minimum absolute atomic E-state index is 0.809. The van der Waals surface area contributed by atoms with Gasteiger partial charge < -0.3 is 10.2 Å². The SMILES string of the molecule is CCCN(C1CCN(CC(C)C)CC1)C1CNC1. The molecule has 2 fully saturated rings. The zero-order chi connectivity index (χ0) is 13.0. The van der Waals surface area contributed by atoms with E-state index in [1.807, 2.05) is 0 Å². The van der Waals surface area contributed by atoms with Crippen molar-refractivity contribution >= 4 is 0 Å². The average molecular weight is 253 g/mol. The lowest BCUT2D eigenvalue weighted by Gasteiger charge is -2.46. The van der Waals surface area contributed by atoms with Crippen molar-refractivity contribution in [2.24, 2.45) is 5.92 Å². The highest BCUT2D eigenvalue weighted by molar-refractivity contribution is 4.90. The fourth-order valence-electron chi connectivity index (χ4n) is 3.38. The van der Waals surface area contributed by atoms with Gasteiger partial charge in [0.25, 0.3) is 0 Å². The van der Waals surface area contributed by atoms with Gasteiger partial charge in [-0.3, -0.25) is 4.90 Å². The zero-order valence-corrected chi connectivity index (χ0v) is 12.5. The molecule has 1 N–H and O–H groups in total. The van der Waals surface area contributed by atoms with Crippen LogP contribution in [0.5, 0.6) is 0 Å². The minimum atomic E-state index is 0.809. The standard InChI is InChI=1S/C15H31N3/c1-4-7-18(15-10-16-11-15)14-5-8-17(9-6-14)12-13(2)3/h13-16H,4-12H2,1-3H3. The highest BCUT2D eigenvalue weighted by Crippen LogP contribution is 2.21. The van der Waals surface area contributed by atoms with Gasteiger partial charge in [0.2, 0.25) is 0 Å². The summed E-state index contributed by atoms with van der Waals surface area (Å²) < 4.78 is 0. The van der Waals surface area contributed by atoms with Gasteiger partial charge >= 0.3 is 0 Å². The van der Waals surface area contributed by atoms with Crippen molar-refractivity contribution in [1.29, 1.82) is 0 Å². The van der Waals surface area contributed by atoms with Gasteiger partial charge in [-0.2, -0.15) is 0 Å². The Bertz CT molecular complexity index is 230. The number of hydrogen-bond acceptors (Lipinski definition) is 3. The molecule has 0 aromatic rings. The molecule has 3 nitrogen and oxygen atoms in total. The summed E-state index contributed by atoms with van der Waals surface area (Å²) in [6.45, 7) is 14.6. The van der Waals surface area contributed by atoms with Crippen molar-refractivity contribution in [2.45, 2.75) is 52.1 Å². The quantitative estimate of drug-likeness (QED) is 0.778. The van der Waals surface area contributed by atoms with Gasteiger partial charge in [-0.25, -0.2) is 0 Å². The van der Waals surface area contributed by atoms with Gasteiger partial charge in [0.15, 0.2) is 0 Å². The Balaban J connectivity index is 1.79. The maximum atomic E-state index is 3.42. The topological polar surface area (TPSA) is 18.5 Å². The van der Waals surface area contributed by atoms with E-state index in [0.29, 0.717) is 0 Å². The monoisotopic (exact) mass is 253 g/mol. The fraction of sp³-hybridized carbons (Fsp3) is 1.00. The molecule has 0 saturated carbocycles. The van der Waals surface area contributed by atoms with Crippen LogP contribution in [0.25, 0.3) is 0 Å². The molecule has 0 aromatic carbocycles. The van der Waals surface area contributed by atoms with Crippen LogP contribution in [-0.2, 0) is 0 Å². The summed E-state index contributed by atoms with van der Waals surface area (Å²) in [5, 5.41) is 3.42. The summed E-state index contributed by atoms with van der Waals surface area (Å²) in [6.07, 6.45) is 4.05. The van der Waals surface area contributed by atoms with Crippen molar-refractivity contribution in [2.75, 3.05) is 39.3 Å². The lowest BCUT2D eigenvalue weighted by Crippen LogP contribution is -2.61. The first kappa shape index (κ1) is 14.3. The van der Waals surface area contributed by atoms with Crippen molar-refractivity contribution < 1.29 is 0 Å². The normalized spacial score (nSPS) is 23.8. The van der Waals surface area contributed by atoms with Crippen molar-refractivity contribution in [3.63, 3.8) is 0 Å². The summed E-state index contributed by atoms with van der Waals surface area (Å²) in [6, 6.07) is 1.67. The van der Waals surface area contributed by atoms with E-state index in [1.165, 1.54) is 58.5 Å². The Morgan fingerprint density at radius 3 is 2.28 bits per heavy atom. The van der Waals surface area contributed by atoms with E-state index in [4.69, 9.17) is 0 Å². The smallest absolute Gasteiger partial charge is 0.0348 e. The van der Waals surface area contributed by atoms with E-state index in [9.17, 15) is 0 Å². The molecule has 0 aliphatic carbocycles. The zero-order valence-electron chi connectivity index (χ0n) is 12.5. The van der Waals surface area contributed by atoms with E-state index in [1.54, 1.807) is 0 Å². The predicted molar refractivity (Wildman–Crippen MR) is 78.0 cm³/mol. The maximum Gasteiger partial charge on any atom is 0.0348 e. The van der Waals surface area contributed by atoms with E-state index in [-0.39, 0.29) is 0 Å². The van der Waals surface area contributed by atoms with Crippen LogP contribution in [0.1, 0.15) is 40.0 Å². The van der Waals surface area contributed by atoms with E-state index in [0.717, 1.165) is 18.0 Å². The predicted octanol–water partition coefficient (Wildman–Crippen LogP) is 1.79. The second kappa shape index (κ2) is 6.88. The number of rotatable bonds is 6. The van der Waals surface area contributed by atoms with E-state index in [2.05, 4.69) is 35.9 Å². The third kappa shape index (κ3) is 3.69. The first-order valence-electron chi connectivity index (χ1n) is 7.89. The van der Waals surface area contributed by atoms with E-state index >= 15 is 0 Å². The number of nitrogens with one attached hydrogen (secondary N) is 1. The lowest BCUT2D eigenvalue weighted by molar-refractivity contribution is 0.0488. The Morgan fingerprint density at radius 1 is 1.17 bits per heavy atom. The van der Waals surface area contributed by atoms with Crippen LogP contribution in [0, 0.1) is 5.92 Å². The number of nitrogens with zero attached hydrogens (tertiary/aromatic N) is 2. The van der Waals surface area contributed by atoms with Crippen LogP contribution >= 0.6 is 0 Å². The molecule has 0 atom stereocenters. The highest BCUT2D eigenvalue weighted by Gasteiger charge is 2.31. The second-order valence-corrected chi connectivity index (χ2v) is 6.48. The molecular weight excluding hydrogens is 222 g/mol. The Morgan fingerprint density at radius 2 is 1.83 bits per heavy atom. The van der Waals surface area contributed by atoms with Gasteiger partial charge in [0, 0.05) is 31.7 Å². The van der Waals surface area contributed by atoms with Gasteiger partial charge in [-0.05, 0) is 44.8 Å². The van der Waals surface area contributed by atoms with Crippen LogP contribution in [0.15, 0.2) is 0 Å². The molecule has 0 aromatic heterocycles. The molecule has 2 saturated heterocycles. The molecule has 3 heteroatoms. The molecule has 2 aliphatic heterocycles. The average Bonchev–Trinajstić information content (AvgIpc) is 2.26. The summed E-state index contributed by atoms with van der Waals surface area (Å²) in [5.74, 6) is 0.809. The molecule has 18 heavy (non-hydrogen) atoms. The first-order valence-corrected chi connectivity index (χ1v) is 7.89. The molecule has 0 amide bonds. The minimum Gasteiger partial charge on any atom is -0.314 e. The number of likely N-dealkylation sites (tertiary alicyclic amines) is 1. The summed E-state index contributed by atoms with van der Waals surface area (Å²) in [7, 11) is 0. The molecule has 0 spiro atoms. The summed E-state index contributed by atoms with van der Waals surface area (Å²) in [5.41, 5.74) is 0. The lowest BCUT2D eigenvalue weighted by atomic mass is 9.98. The van der Waals surface area contributed by atoms with Gasteiger partial charge in [0.1, 0.15) is 0 Å². The van der Waals surface area contributed by atoms with Gasteiger partial charge in [0.05, 0.1) is 0 Å². The highest BCUT2D eigenvalue weighted by atomic mass is 15.3. The molecule has 0 unspecified atom stereocenters. The molecule has 2 heterocycles. The maximum absolute atomic E-state index is 3.42. The molecule has 106 valence electrons. The second-order valence-electron chi connectivity index (χ2n) is 6.48.